The second kappa shape index (κ2) is 7.31. The van der Waals surface area contributed by atoms with Crippen LogP contribution in [-0.2, 0) is 11.3 Å². The number of nitrogens with one attached hydrogen (secondary N) is 1. The van der Waals surface area contributed by atoms with Crippen LogP contribution in [0.4, 0.5) is 0 Å². The number of hydrogen-bond donors (Lipinski definition) is 1. The molecule has 108 valence electrons. The van der Waals surface area contributed by atoms with Gasteiger partial charge in [0.25, 0.3) is 0 Å². The summed E-state index contributed by atoms with van der Waals surface area (Å²) in [6.45, 7) is 6.49. The van der Waals surface area contributed by atoms with Crippen LogP contribution in [0, 0.1) is 10.7 Å². The van der Waals surface area contributed by atoms with Gasteiger partial charge in [-0.15, -0.1) is 0 Å². The van der Waals surface area contributed by atoms with E-state index in [-0.39, 0.29) is 0 Å². The molecule has 20 heavy (non-hydrogen) atoms. The van der Waals surface area contributed by atoms with Crippen molar-refractivity contribution in [3.8, 4) is 11.4 Å². The summed E-state index contributed by atoms with van der Waals surface area (Å²) in [7, 11) is 0. The summed E-state index contributed by atoms with van der Waals surface area (Å²) in [6, 6.07) is 3.85. The number of aromatic nitrogens is 4. The number of ether oxygens (including phenoxy) is 1. The van der Waals surface area contributed by atoms with Gasteiger partial charge in [0, 0.05) is 24.6 Å². The Kier molecular flexibility index (Phi) is 5.43. The molecule has 0 spiro atoms. The van der Waals surface area contributed by atoms with Gasteiger partial charge in [-0.2, -0.15) is 5.10 Å². The van der Waals surface area contributed by atoms with E-state index in [9.17, 15) is 0 Å². The summed E-state index contributed by atoms with van der Waals surface area (Å²) < 4.78 is 8.19. The Hall–Kier alpha value is -1.53. The molecule has 5 nitrogen and oxygen atoms in total. The summed E-state index contributed by atoms with van der Waals surface area (Å²) in [5.41, 5.74) is 0.946. The molecule has 0 radical (unpaired) electrons. The molecular formula is C14H20N4OS. The summed E-state index contributed by atoms with van der Waals surface area (Å²) in [5, 5.41) is 7.09. The third kappa shape index (κ3) is 3.98. The molecule has 0 aliphatic heterocycles. The number of nitrogens with zero attached hydrogens (tertiary/aromatic N) is 3. The minimum atomic E-state index is 0.608. The molecule has 2 aromatic rings. The molecule has 2 heterocycles. The van der Waals surface area contributed by atoms with Crippen LogP contribution in [0.15, 0.2) is 24.5 Å². The Morgan fingerprint density at radius 3 is 2.95 bits per heavy atom. The molecule has 0 fully saturated rings. The number of pyridine rings is 1. The Labute approximate surface area is 124 Å². The highest BCUT2D eigenvalue weighted by Gasteiger charge is 2.08. The molecule has 0 atom stereocenters. The van der Waals surface area contributed by atoms with Crippen molar-refractivity contribution in [3.63, 3.8) is 0 Å². The predicted molar refractivity (Wildman–Crippen MR) is 80.9 cm³/mol. The van der Waals surface area contributed by atoms with E-state index in [1.807, 2.05) is 16.7 Å². The van der Waals surface area contributed by atoms with Crippen molar-refractivity contribution >= 4 is 12.2 Å². The van der Waals surface area contributed by atoms with Crippen LogP contribution in [0.1, 0.15) is 20.3 Å². The number of hydrogen-bond acceptors (Lipinski definition) is 4. The van der Waals surface area contributed by atoms with E-state index in [0.717, 1.165) is 24.4 Å². The highest BCUT2D eigenvalue weighted by molar-refractivity contribution is 7.71. The molecule has 1 N–H and O–H groups in total. The van der Waals surface area contributed by atoms with E-state index in [1.165, 1.54) is 0 Å². The van der Waals surface area contributed by atoms with Crippen molar-refractivity contribution in [2.45, 2.75) is 26.8 Å². The Bertz CT molecular complexity index is 576. The van der Waals surface area contributed by atoms with Gasteiger partial charge in [-0.1, -0.05) is 13.8 Å². The molecule has 0 aliphatic rings. The van der Waals surface area contributed by atoms with Crippen molar-refractivity contribution in [3.05, 3.63) is 29.3 Å². The Morgan fingerprint density at radius 1 is 1.40 bits per heavy atom. The summed E-state index contributed by atoms with van der Waals surface area (Å²) in [6.07, 6.45) is 4.59. The first-order valence-electron chi connectivity index (χ1n) is 6.82. The second-order valence-electron chi connectivity index (χ2n) is 5.04. The van der Waals surface area contributed by atoms with Crippen molar-refractivity contribution in [1.29, 1.82) is 0 Å². The average molecular weight is 292 g/mol. The second-order valence-corrected chi connectivity index (χ2v) is 5.43. The molecule has 0 aliphatic carbocycles. The van der Waals surface area contributed by atoms with E-state index in [0.29, 0.717) is 23.8 Å². The van der Waals surface area contributed by atoms with E-state index < -0.39 is 0 Å². The maximum Gasteiger partial charge on any atom is 0.195 e. The Balaban J connectivity index is 1.98. The normalized spacial score (nSPS) is 11.2. The summed E-state index contributed by atoms with van der Waals surface area (Å²) in [5.74, 6) is 1.47. The molecular weight excluding hydrogens is 272 g/mol. The standard InChI is InChI=1S/C14H20N4OS/c1-11(2)5-8-19-9-7-18-13(16-17-14(18)20)12-4-3-6-15-10-12/h3-4,6,10-11H,5,7-9H2,1-2H3,(H,17,20). The third-order valence-electron chi connectivity index (χ3n) is 2.98. The topological polar surface area (TPSA) is 55.7 Å². The quantitative estimate of drug-likeness (QED) is 0.629. The van der Waals surface area contributed by atoms with Crippen molar-refractivity contribution in [1.82, 2.24) is 19.7 Å². The van der Waals surface area contributed by atoms with Gasteiger partial charge in [-0.05, 0) is 36.7 Å². The van der Waals surface area contributed by atoms with Gasteiger partial charge in [0.15, 0.2) is 10.6 Å². The van der Waals surface area contributed by atoms with E-state index in [4.69, 9.17) is 17.0 Å². The lowest BCUT2D eigenvalue weighted by molar-refractivity contribution is 0.116. The first kappa shape index (κ1) is 14.9. The summed E-state index contributed by atoms with van der Waals surface area (Å²) >= 11 is 5.26. The lowest BCUT2D eigenvalue weighted by atomic mass is 10.1. The monoisotopic (exact) mass is 292 g/mol. The fourth-order valence-corrected chi connectivity index (χ4v) is 2.04. The van der Waals surface area contributed by atoms with E-state index in [1.54, 1.807) is 12.4 Å². The molecule has 6 heteroatoms. The van der Waals surface area contributed by atoms with Crippen molar-refractivity contribution in [2.75, 3.05) is 13.2 Å². The van der Waals surface area contributed by atoms with Gasteiger partial charge in [0.2, 0.25) is 0 Å². The van der Waals surface area contributed by atoms with Crippen LogP contribution in [-0.4, -0.2) is 33.0 Å². The fraction of sp³-hybridized carbons (Fsp3) is 0.500. The van der Waals surface area contributed by atoms with Crippen LogP contribution >= 0.6 is 12.2 Å². The predicted octanol–water partition coefficient (Wildman–Crippen LogP) is 3.07. The smallest absolute Gasteiger partial charge is 0.195 e. The van der Waals surface area contributed by atoms with Crippen LogP contribution in [0.2, 0.25) is 0 Å². The first-order chi connectivity index (χ1) is 9.68. The molecule has 0 unspecified atom stereocenters. The van der Waals surface area contributed by atoms with Crippen LogP contribution in [0.25, 0.3) is 11.4 Å². The Morgan fingerprint density at radius 2 is 2.25 bits per heavy atom. The van der Waals surface area contributed by atoms with Crippen LogP contribution in [0.3, 0.4) is 0 Å². The van der Waals surface area contributed by atoms with Crippen LogP contribution < -0.4 is 0 Å². The number of H-pyrrole nitrogens is 1. The molecule has 2 aromatic heterocycles. The van der Waals surface area contributed by atoms with Gasteiger partial charge in [-0.3, -0.25) is 14.6 Å². The maximum atomic E-state index is 5.64. The number of aromatic amines is 1. The highest BCUT2D eigenvalue weighted by atomic mass is 32.1. The van der Waals surface area contributed by atoms with Crippen molar-refractivity contribution < 1.29 is 4.74 Å². The molecule has 0 saturated heterocycles. The van der Waals surface area contributed by atoms with Crippen LogP contribution in [0.5, 0.6) is 0 Å². The van der Waals surface area contributed by atoms with Gasteiger partial charge in [-0.25, -0.2) is 0 Å². The number of rotatable bonds is 7. The SMILES string of the molecule is CC(C)CCOCCn1c(-c2cccnc2)n[nH]c1=S. The molecule has 0 saturated carbocycles. The van der Waals surface area contributed by atoms with Gasteiger partial charge < -0.3 is 4.74 Å². The van der Waals surface area contributed by atoms with E-state index >= 15 is 0 Å². The lowest BCUT2D eigenvalue weighted by Crippen LogP contribution is -2.09. The van der Waals surface area contributed by atoms with Crippen molar-refractivity contribution in [2.24, 2.45) is 5.92 Å². The lowest BCUT2D eigenvalue weighted by Gasteiger charge is -2.08. The van der Waals surface area contributed by atoms with E-state index in [2.05, 4.69) is 29.0 Å². The summed E-state index contributed by atoms with van der Waals surface area (Å²) in [4.78, 5) is 4.11. The molecule has 0 bridgehead atoms. The largest absolute Gasteiger partial charge is 0.380 e. The average Bonchev–Trinajstić information content (AvgIpc) is 2.80. The maximum absolute atomic E-state index is 5.64. The fourth-order valence-electron chi connectivity index (χ4n) is 1.82. The molecule has 0 amide bonds. The zero-order valence-electron chi connectivity index (χ0n) is 11.9. The molecule has 0 aromatic carbocycles. The zero-order chi connectivity index (χ0) is 14.4. The van der Waals surface area contributed by atoms with Gasteiger partial charge >= 0.3 is 0 Å². The van der Waals surface area contributed by atoms with Gasteiger partial charge in [0.05, 0.1) is 13.2 Å². The minimum Gasteiger partial charge on any atom is -0.380 e. The first-order valence-corrected chi connectivity index (χ1v) is 7.22. The van der Waals surface area contributed by atoms with Gasteiger partial charge in [0.1, 0.15) is 0 Å². The highest BCUT2D eigenvalue weighted by Crippen LogP contribution is 2.15. The zero-order valence-corrected chi connectivity index (χ0v) is 12.7. The third-order valence-corrected chi connectivity index (χ3v) is 3.29. The molecule has 2 rings (SSSR count). The minimum absolute atomic E-state index is 0.608.